The first kappa shape index (κ1) is 21.4. The van der Waals surface area contributed by atoms with Crippen LogP contribution in [0.25, 0.3) is 0 Å². The van der Waals surface area contributed by atoms with Gasteiger partial charge in [0.2, 0.25) is 0 Å². The van der Waals surface area contributed by atoms with Gasteiger partial charge in [0, 0.05) is 18.6 Å². The zero-order valence-electron chi connectivity index (χ0n) is 12.6. The second-order valence-electron chi connectivity index (χ2n) is 4.70. The summed E-state index contributed by atoms with van der Waals surface area (Å²) in [5, 5.41) is 54.3. The van der Waals surface area contributed by atoms with Gasteiger partial charge in [0.05, 0.1) is 6.61 Å². The van der Waals surface area contributed by atoms with Crippen LogP contribution in [0.2, 0.25) is 0 Å². The lowest BCUT2D eigenvalue weighted by molar-refractivity contribution is -0.357. The van der Waals surface area contributed by atoms with E-state index in [0.717, 1.165) is 6.08 Å². The topological polar surface area (TPSA) is 174 Å². The molecule has 0 bridgehead atoms. The van der Waals surface area contributed by atoms with Crippen LogP contribution in [0.4, 0.5) is 0 Å². The maximum absolute atomic E-state index is 11.3. The van der Waals surface area contributed by atoms with Crippen LogP contribution in [0.1, 0.15) is 32.6 Å². The minimum Gasteiger partial charge on any atom is -0.463 e. The number of carbonyl (C=O) groups excluding carboxylic acids is 2. The monoisotopic (exact) mass is 338 g/mol. The van der Waals surface area contributed by atoms with Gasteiger partial charge in [-0.25, -0.2) is 9.59 Å². The molecule has 0 saturated carbocycles. The van der Waals surface area contributed by atoms with Crippen molar-refractivity contribution >= 4 is 11.9 Å². The van der Waals surface area contributed by atoms with E-state index in [9.17, 15) is 24.9 Å². The van der Waals surface area contributed by atoms with Crippen molar-refractivity contribution in [3.05, 3.63) is 12.2 Å². The summed E-state index contributed by atoms with van der Waals surface area (Å²) in [6.07, 6.45) is -1.12. The molecule has 0 heterocycles. The Balaban J connectivity index is 4.28. The van der Waals surface area contributed by atoms with Crippen molar-refractivity contribution in [2.24, 2.45) is 0 Å². The average molecular weight is 338 g/mol. The van der Waals surface area contributed by atoms with Gasteiger partial charge in [-0.1, -0.05) is 6.42 Å². The van der Waals surface area contributed by atoms with E-state index in [1.54, 1.807) is 6.92 Å². The summed E-state index contributed by atoms with van der Waals surface area (Å²) in [5.74, 6) is -8.15. The summed E-state index contributed by atoms with van der Waals surface area (Å²) < 4.78 is 8.70. The maximum atomic E-state index is 11.3. The van der Waals surface area contributed by atoms with E-state index < -0.39 is 36.4 Å². The molecule has 0 radical (unpaired) electrons. The van der Waals surface area contributed by atoms with Gasteiger partial charge in [-0.05, 0) is 19.8 Å². The summed E-state index contributed by atoms with van der Waals surface area (Å²) in [6, 6.07) is 0. The van der Waals surface area contributed by atoms with E-state index in [1.807, 2.05) is 0 Å². The molecule has 0 aromatic carbocycles. The molecule has 0 aliphatic heterocycles. The number of unbranched alkanes of at least 4 members (excludes halogenated alkanes) is 1. The average Bonchev–Trinajstić information content (AvgIpc) is 2.40. The van der Waals surface area contributed by atoms with Crippen LogP contribution in [0.15, 0.2) is 12.2 Å². The van der Waals surface area contributed by atoms with Gasteiger partial charge >= 0.3 is 17.9 Å². The molecule has 0 aromatic heterocycles. The first-order valence-electron chi connectivity index (χ1n) is 6.85. The van der Waals surface area contributed by atoms with E-state index in [4.69, 9.17) is 15.3 Å². The van der Waals surface area contributed by atoms with Crippen LogP contribution >= 0.6 is 0 Å². The molecular formula is C13H22O10. The summed E-state index contributed by atoms with van der Waals surface area (Å²) in [6.45, 7) is 1.65. The Bertz CT molecular complexity index is 409. The van der Waals surface area contributed by atoms with Gasteiger partial charge in [0.1, 0.15) is 6.10 Å². The van der Waals surface area contributed by atoms with Crippen LogP contribution in [0, 0.1) is 0 Å². The lowest BCUT2D eigenvalue weighted by Gasteiger charge is -2.26. The Morgan fingerprint density at radius 3 is 2.13 bits per heavy atom. The Hall–Kier alpha value is -1.56. The maximum Gasteiger partial charge on any atom is 0.351 e. The highest BCUT2D eigenvalue weighted by Crippen LogP contribution is 2.17. The lowest BCUT2D eigenvalue weighted by atomic mass is 10.1. The molecule has 0 fully saturated rings. The van der Waals surface area contributed by atoms with Crippen LogP contribution in [-0.2, 0) is 19.1 Å². The second kappa shape index (κ2) is 9.55. The van der Waals surface area contributed by atoms with E-state index >= 15 is 0 Å². The number of carbonyl (C=O) groups is 2. The zero-order valence-corrected chi connectivity index (χ0v) is 12.6. The van der Waals surface area contributed by atoms with Crippen LogP contribution < -0.4 is 0 Å². The van der Waals surface area contributed by atoms with Crippen molar-refractivity contribution in [2.45, 2.75) is 50.7 Å². The largest absolute Gasteiger partial charge is 0.463 e. The highest BCUT2D eigenvalue weighted by atomic mass is 16.8. The molecule has 134 valence electrons. The smallest absolute Gasteiger partial charge is 0.351 e. The molecule has 1 atom stereocenters. The molecule has 1 unspecified atom stereocenters. The third-order valence-electron chi connectivity index (χ3n) is 2.57. The molecule has 0 saturated heterocycles. The van der Waals surface area contributed by atoms with Crippen LogP contribution in [0.5, 0.6) is 0 Å². The summed E-state index contributed by atoms with van der Waals surface area (Å²) in [4.78, 5) is 22.2. The SMILES string of the molecule is CCOC(=O)/C=C\C(=O)OC(O)(O)C(O)CCCCC(O)(O)O. The van der Waals surface area contributed by atoms with Gasteiger partial charge in [-0.3, -0.25) is 0 Å². The van der Waals surface area contributed by atoms with Crippen LogP contribution in [-0.4, -0.2) is 67.2 Å². The molecule has 0 aliphatic carbocycles. The molecule has 0 spiro atoms. The zero-order chi connectivity index (χ0) is 18.1. The predicted octanol–water partition coefficient (Wildman–Crippen LogP) is -2.16. The number of esters is 2. The third kappa shape index (κ3) is 10.7. The lowest BCUT2D eigenvalue weighted by Crippen LogP contribution is -2.46. The molecule has 0 aliphatic rings. The van der Waals surface area contributed by atoms with Crippen LogP contribution in [0.3, 0.4) is 0 Å². The van der Waals surface area contributed by atoms with Crippen molar-refractivity contribution in [3.63, 3.8) is 0 Å². The Kier molecular flexibility index (Phi) is 8.90. The van der Waals surface area contributed by atoms with Gasteiger partial charge in [0.25, 0.3) is 5.97 Å². The van der Waals surface area contributed by atoms with E-state index in [-0.39, 0.29) is 25.9 Å². The number of aliphatic hydroxyl groups excluding tert-OH is 1. The van der Waals surface area contributed by atoms with Crippen molar-refractivity contribution in [1.82, 2.24) is 0 Å². The van der Waals surface area contributed by atoms with Gasteiger partial charge in [-0.2, -0.15) is 0 Å². The summed E-state index contributed by atoms with van der Waals surface area (Å²) in [5.41, 5.74) is 0. The standard InChI is InChI=1S/C13H22O10/c1-2-22-10(15)6-7-11(16)23-13(20,21)9(14)5-3-4-8-12(17,18)19/h6-7,9,14,17-21H,2-5,8H2,1H3/b7-6-. The first-order valence-corrected chi connectivity index (χ1v) is 6.85. The minimum absolute atomic E-state index is 0.0490. The fourth-order valence-electron chi connectivity index (χ4n) is 1.46. The molecular weight excluding hydrogens is 316 g/mol. The van der Waals surface area contributed by atoms with Crippen molar-refractivity contribution in [2.75, 3.05) is 6.61 Å². The number of rotatable bonds is 10. The number of hydrogen-bond donors (Lipinski definition) is 6. The molecule has 0 rings (SSSR count). The number of hydrogen-bond acceptors (Lipinski definition) is 10. The quantitative estimate of drug-likeness (QED) is 0.111. The number of aliphatic hydroxyl groups is 6. The molecule has 6 N–H and O–H groups in total. The van der Waals surface area contributed by atoms with E-state index in [0.29, 0.717) is 6.08 Å². The minimum atomic E-state index is -3.19. The molecule has 0 aromatic rings. The Labute approximate surface area is 132 Å². The van der Waals surface area contributed by atoms with Crippen molar-refractivity contribution in [3.8, 4) is 0 Å². The second-order valence-corrected chi connectivity index (χ2v) is 4.70. The molecule has 10 nitrogen and oxygen atoms in total. The molecule has 10 heteroatoms. The Morgan fingerprint density at radius 1 is 1.04 bits per heavy atom. The fraction of sp³-hybridized carbons (Fsp3) is 0.692. The van der Waals surface area contributed by atoms with Gasteiger partial charge in [-0.15, -0.1) is 0 Å². The highest BCUT2D eigenvalue weighted by Gasteiger charge is 2.37. The number of ether oxygens (including phenoxy) is 2. The van der Waals surface area contributed by atoms with E-state index in [1.165, 1.54) is 0 Å². The normalized spacial score (nSPS) is 13.9. The molecule has 0 amide bonds. The van der Waals surface area contributed by atoms with Gasteiger partial charge < -0.3 is 40.1 Å². The van der Waals surface area contributed by atoms with Crippen molar-refractivity contribution < 1.29 is 49.7 Å². The van der Waals surface area contributed by atoms with Crippen molar-refractivity contribution in [1.29, 1.82) is 0 Å². The third-order valence-corrected chi connectivity index (χ3v) is 2.57. The van der Waals surface area contributed by atoms with E-state index in [2.05, 4.69) is 9.47 Å². The first-order chi connectivity index (χ1) is 10.5. The molecule has 23 heavy (non-hydrogen) atoms. The highest BCUT2D eigenvalue weighted by molar-refractivity contribution is 5.91. The predicted molar refractivity (Wildman–Crippen MR) is 72.9 cm³/mol. The summed E-state index contributed by atoms with van der Waals surface area (Å²) >= 11 is 0. The fourth-order valence-corrected chi connectivity index (χ4v) is 1.46. The van der Waals surface area contributed by atoms with Gasteiger partial charge in [0.15, 0.2) is 0 Å². The Morgan fingerprint density at radius 2 is 1.61 bits per heavy atom. The summed E-state index contributed by atoms with van der Waals surface area (Å²) in [7, 11) is 0.